The Labute approximate surface area is 50.2 Å². The third-order valence-electron chi connectivity index (χ3n) is 0.208. The molecule has 0 saturated heterocycles. The Balaban J connectivity index is 3.15. The van der Waals surface area contributed by atoms with Crippen molar-refractivity contribution in [1.29, 1.82) is 0 Å². The van der Waals surface area contributed by atoms with E-state index in [4.69, 9.17) is 0 Å². The van der Waals surface area contributed by atoms with E-state index in [0.29, 0.717) is 0 Å². The Bertz CT molecular complexity index is 50.1. The minimum atomic E-state index is -0.366. The van der Waals surface area contributed by atoms with Crippen molar-refractivity contribution in [2.45, 2.75) is 26.4 Å². The topological polar surface area (TPSA) is 9.23 Å². The molecule has 0 aliphatic rings. The number of hydrogen-bond acceptors (Lipinski definition) is 1. The van der Waals surface area contributed by atoms with Gasteiger partial charge in [0.25, 0.3) is 0 Å². The summed E-state index contributed by atoms with van der Waals surface area (Å²) in [5, 5.41) is 0. The average molecular weight is 156 g/mol. The molecule has 1 nitrogen and oxygen atoms in total. The van der Waals surface area contributed by atoms with E-state index >= 15 is 0 Å². The first-order chi connectivity index (χ1) is 3.06. The van der Waals surface area contributed by atoms with Crippen LogP contribution in [0.2, 0.25) is 0 Å². The molecule has 0 heterocycles. The molecule has 0 amide bonds. The molecule has 0 aliphatic heterocycles. The molecule has 0 spiro atoms. The molecule has 0 unspecified atom stereocenters. The summed E-state index contributed by atoms with van der Waals surface area (Å²) in [6, 6.07) is 0. The fraction of sp³-hybridized carbons (Fsp3) is 1.00. The van der Waals surface area contributed by atoms with Crippen LogP contribution < -0.4 is 0 Å². The summed E-state index contributed by atoms with van der Waals surface area (Å²) in [4.78, 5) is 0. The van der Waals surface area contributed by atoms with Crippen LogP contribution in [0.3, 0.4) is 0 Å². The first-order valence-electron chi connectivity index (χ1n) is 1.94. The molecule has 0 bridgehead atoms. The van der Waals surface area contributed by atoms with Gasteiger partial charge in [0.15, 0.2) is 0 Å². The fourth-order valence-electron chi connectivity index (χ4n) is 0.0698. The van der Waals surface area contributed by atoms with Crippen molar-refractivity contribution >= 4 is 0 Å². The predicted molar refractivity (Wildman–Crippen MR) is 21.9 cm³/mol. The van der Waals surface area contributed by atoms with E-state index in [1.165, 1.54) is 0 Å². The van der Waals surface area contributed by atoms with Crippen LogP contribution in [-0.2, 0) is 19.6 Å². The van der Waals surface area contributed by atoms with Crippen LogP contribution in [0.25, 0.3) is 0 Å². The van der Waals surface area contributed by atoms with Gasteiger partial charge in [-0.05, 0) is 0 Å². The van der Waals surface area contributed by atoms with E-state index in [9.17, 15) is 3.55 Å². The fourth-order valence-corrected chi connectivity index (χ4v) is 0.288. The molecule has 49 valence electrons. The SMILES string of the molecule is CC(C)(C)[O][Cu][F]. The van der Waals surface area contributed by atoms with Crippen molar-refractivity contribution in [3.8, 4) is 0 Å². The van der Waals surface area contributed by atoms with Crippen molar-refractivity contribution in [2.75, 3.05) is 0 Å². The van der Waals surface area contributed by atoms with Gasteiger partial charge in [0.2, 0.25) is 0 Å². The van der Waals surface area contributed by atoms with E-state index in [-0.39, 0.29) is 21.3 Å². The second-order valence-corrected chi connectivity index (χ2v) is 2.56. The summed E-state index contributed by atoms with van der Waals surface area (Å²) in [5.41, 5.74) is -0.366. The van der Waals surface area contributed by atoms with E-state index in [0.717, 1.165) is 0 Å². The molecule has 0 atom stereocenters. The van der Waals surface area contributed by atoms with Crippen LogP contribution >= 0.6 is 0 Å². The van der Waals surface area contributed by atoms with Gasteiger partial charge in [0, 0.05) is 0 Å². The van der Waals surface area contributed by atoms with E-state index in [2.05, 4.69) is 3.82 Å². The van der Waals surface area contributed by atoms with Gasteiger partial charge in [0.05, 0.1) is 0 Å². The molecule has 0 aromatic carbocycles. The van der Waals surface area contributed by atoms with E-state index in [1.54, 1.807) is 20.8 Å². The molecular weight excluding hydrogens is 147 g/mol. The Kier molecular flexibility index (Phi) is 2.81. The molecular formula is C4H9CuFO. The van der Waals surface area contributed by atoms with Gasteiger partial charge in [-0.25, -0.2) is 0 Å². The summed E-state index contributed by atoms with van der Waals surface area (Å²) in [6.07, 6.45) is 0. The Morgan fingerprint density at radius 2 is 1.86 bits per heavy atom. The normalized spacial score (nSPS) is 12.6. The molecule has 0 radical (unpaired) electrons. The van der Waals surface area contributed by atoms with Crippen LogP contribution in [0.1, 0.15) is 20.8 Å². The number of hydrogen-bond donors (Lipinski definition) is 0. The van der Waals surface area contributed by atoms with Gasteiger partial charge in [-0.3, -0.25) is 0 Å². The van der Waals surface area contributed by atoms with Crippen LogP contribution in [0.4, 0.5) is 3.55 Å². The zero-order chi connectivity index (χ0) is 5.91. The molecule has 0 N–H and O–H groups in total. The Morgan fingerprint density at radius 3 is 1.86 bits per heavy atom. The molecule has 7 heavy (non-hydrogen) atoms. The molecule has 0 aliphatic carbocycles. The Hall–Kier alpha value is 0.409. The zero-order valence-electron chi connectivity index (χ0n) is 4.59. The summed E-state index contributed by atoms with van der Waals surface area (Å²) < 4.78 is 15.6. The molecule has 0 saturated carbocycles. The standard InChI is InChI=1S/C4H9O.Cu.FH/c1-4(2,3)5;;/h1-3H3;;1H/q-1;+2;/p-1. The van der Waals surface area contributed by atoms with Gasteiger partial charge in [-0.2, -0.15) is 0 Å². The van der Waals surface area contributed by atoms with Crippen LogP contribution in [0, 0.1) is 0 Å². The van der Waals surface area contributed by atoms with Crippen molar-refractivity contribution < 1.29 is 23.1 Å². The summed E-state index contributed by atoms with van der Waals surface area (Å²) in [6.45, 7) is 5.37. The molecule has 3 heteroatoms. The number of rotatable bonds is 1. The van der Waals surface area contributed by atoms with Gasteiger partial charge in [-0.1, -0.05) is 0 Å². The van der Waals surface area contributed by atoms with Crippen LogP contribution in [-0.4, -0.2) is 5.60 Å². The maximum atomic E-state index is 11.2. The summed E-state index contributed by atoms with van der Waals surface area (Å²) in [7, 11) is 0. The predicted octanol–water partition coefficient (Wildman–Crippen LogP) is 1.68. The van der Waals surface area contributed by atoms with Crippen molar-refractivity contribution in [3.63, 3.8) is 0 Å². The van der Waals surface area contributed by atoms with Gasteiger partial charge in [0.1, 0.15) is 0 Å². The average Bonchev–Trinajstić information content (AvgIpc) is 1.30. The first-order valence-corrected chi connectivity index (χ1v) is 2.68. The molecule has 0 fully saturated rings. The van der Waals surface area contributed by atoms with Gasteiger partial charge >= 0.3 is 49.5 Å². The third-order valence-corrected chi connectivity index (χ3v) is 0.857. The van der Waals surface area contributed by atoms with Crippen LogP contribution in [0.15, 0.2) is 0 Å². The molecule has 0 aromatic heterocycles. The van der Waals surface area contributed by atoms with E-state index in [1.807, 2.05) is 0 Å². The van der Waals surface area contributed by atoms with Crippen molar-refractivity contribution in [2.24, 2.45) is 0 Å². The van der Waals surface area contributed by atoms with Crippen LogP contribution in [0.5, 0.6) is 0 Å². The second-order valence-electron chi connectivity index (χ2n) is 2.22. The number of halogens is 1. The first kappa shape index (κ1) is 7.41. The van der Waals surface area contributed by atoms with Gasteiger partial charge in [-0.15, -0.1) is 0 Å². The summed E-state index contributed by atoms with van der Waals surface area (Å²) in [5.74, 6) is 0. The second kappa shape index (κ2) is 2.65. The van der Waals surface area contributed by atoms with Crippen molar-refractivity contribution in [1.82, 2.24) is 0 Å². The minimum absolute atomic E-state index is 0.0165. The quantitative estimate of drug-likeness (QED) is 0.524. The third kappa shape index (κ3) is 6.41. The monoisotopic (exact) mass is 155 g/mol. The Morgan fingerprint density at radius 1 is 1.43 bits per heavy atom. The molecule has 0 aromatic rings. The van der Waals surface area contributed by atoms with E-state index < -0.39 is 0 Å². The molecule has 0 rings (SSSR count). The van der Waals surface area contributed by atoms with Gasteiger partial charge < -0.3 is 0 Å². The zero-order valence-corrected chi connectivity index (χ0v) is 5.53. The summed E-state index contributed by atoms with van der Waals surface area (Å²) >= 11 is -0.0165. The maximum absolute atomic E-state index is 11.2. The van der Waals surface area contributed by atoms with Crippen molar-refractivity contribution in [3.05, 3.63) is 0 Å².